The molecule has 150 valence electrons. The normalized spacial score (nSPS) is 14.6. The van der Waals surface area contributed by atoms with Crippen LogP contribution in [0.3, 0.4) is 0 Å². The van der Waals surface area contributed by atoms with Crippen LogP contribution in [-0.2, 0) is 0 Å². The van der Waals surface area contributed by atoms with Gasteiger partial charge in [0, 0.05) is 28.3 Å². The summed E-state index contributed by atoms with van der Waals surface area (Å²) in [5.41, 5.74) is 8.98. The molecular weight excluding hydrogens is 388 g/mol. The molecule has 0 amide bonds. The largest absolute Gasteiger partial charge is 0.309 e. The van der Waals surface area contributed by atoms with Crippen molar-refractivity contribution in [1.82, 2.24) is 4.57 Å². The van der Waals surface area contributed by atoms with E-state index in [4.69, 9.17) is 0 Å². The second kappa shape index (κ2) is 6.66. The molecule has 1 atom stereocenters. The van der Waals surface area contributed by atoms with E-state index in [-0.39, 0.29) is 6.04 Å². The molecule has 0 spiro atoms. The highest BCUT2D eigenvalue weighted by Crippen LogP contribution is 2.43. The highest BCUT2D eigenvalue weighted by atomic mass is 15.1. The molecule has 0 bridgehead atoms. The molecule has 0 N–H and O–H groups in total. The Balaban J connectivity index is 1.64. The number of nitrogens with zero attached hydrogens (tertiary/aromatic N) is 2. The number of fused-ring (bicyclic) bond motifs is 7. The van der Waals surface area contributed by atoms with Crippen LogP contribution in [0.5, 0.6) is 0 Å². The molecule has 0 fully saturated rings. The third-order valence-electron chi connectivity index (χ3n) is 6.72. The van der Waals surface area contributed by atoms with Crippen LogP contribution in [0.1, 0.15) is 17.2 Å². The van der Waals surface area contributed by atoms with Gasteiger partial charge in [0.2, 0.25) is 11.7 Å². The standard InChI is InChI=1S/C30H21N2/c1-3-11-21(12-4-1)29-23-15-7-8-16-24(23)30-28-25-17-9-10-18-26(25)32(22-13-5-2-6-14-22)27(28)19-20-31(29)30/h1-20,29H/q+1. The van der Waals surface area contributed by atoms with Crippen molar-refractivity contribution < 1.29 is 4.57 Å². The molecule has 2 aromatic heterocycles. The highest BCUT2D eigenvalue weighted by Gasteiger charge is 2.39. The Labute approximate surface area is 186 Å². The first-order valence-corrected chi connectivity index (χ1v) is 11.1. The van der Waals surface area contributed by atoms with Gasteiger partial charge in [0.25, 0.3) is 0 Å². The van der Waals surface area contributed by atoms with Gasteiger partial charge in [0.05, 0.1) is 22.0 Å². The number of benzene rings is 4. The molecule has 2 nitrogen and oxygen atoms in total. The first-order valence-electron chi connectivity index (χ1n) is 11.1. The molecule has 4 aromatic carbocycles. The zero-order chi connectivity index (χ0) is 21.1. The number of rotatable bonds is 2. The average Bonchev–Trinajstić information content (AvgIpc) is 3.38. The van der Waals surface area contributed by atoms with Crippen molar-refractivity contribution >= 4 is 21.8 Å². The van der Waals surface area contributed by atoms with E-state index in [9.17, 15) is 0 Å². The smallest absolute Gasteiger partial charge is 0.224 e. The van der Waals surface area contributed by atoms with Gasteiger partial charge in [-0.3, -0.25) is 0 Å². The van der Waals surface area contributed by atoms with Gasteiger partial charge in [0.15, 0.2) is 6.20 Å². The number of para-hydroxylation sites is 2. The van der Waals surface area contributed by atoms with E-state index in [0.29, 0.717) is 0 Å². The fourth-order valence-electron chi connectivity index (χ4n) is 5.44. The Morgan fingerprint density at radius 2 is 1.28 bits per heavy atom. The van der Waals surface area contributed by atoms with E-state index >= 15 is 0 Å². The quantitative estimate of drug-likeness (QED) is 0.281. The van der Waals surface area contributed by atoms with E-state index in [1.54, 1.807) is 0 Å². The fraction of sp³-hybridized carbons (Fsp3) is 0.0333. The second-order valence-corrected chi connectivity index (χ2v) is 8.42. The summed E-state index contributed by atoms with van der Waals surface area (Å²) < 4.78 is 4.86. The van der Waals surface area contributed by atoms with E-state index in [1.807, 2.05) is 0 Å². The van der Waals surface area contributed by atoms with E-state index in [1.165, 1.54) is 49.9 Å². The minimum atomic E-state index is 0.186. The van der Waals surface area contributed by atoms with E-state index in [0.717, 1.165) is 0 Å². The lowest BCUT2D eigenvalue weighted by Gasteiger charge is -2.09. The second-order valence-electron chi connectivity index (χ2n) is 8.42. The molecule has 1 aliphatic rings. The maximum atomic E-state index is 2.46. The lowest BCUT2D eigenvalue weighted by molar-refractivity contribution is -0.687. The monoisotopic (exact) mass is 409 g/mol. The summed E-state index contributed by atoms with van der Waals surface area (Å²) in [6, 6.07) is 41.6. The van der Waals surface area contributed by atoms with Crippen molar-refractivity contribution in [2.75, 3.05) is 0 Å². The summed E-state index contributed by atoms with van der Waals surface area (Å²) in [6.07, 6.45) is 2.27. The van der Waals surface area contributed by atoms with Gasteiger partial charge in [-0.2, -0.15) is 4.57 Å². The molecule has 0 saturated heterocycles. The number of hydrogen-bond acceptors (Lipinski definition) is 0. The molecule has 1 aliphatic heterocycles. The van der Waals surface area contributed by atoms with Gasteiger partial charge in [-0.15, -0.1) is 0 Å². The van der Waals surface area contributed by atoms with Crippen LogP contribution in [0.4, 0.5) is 0 Å². The number of pyridine rings is 1. The van der Waals surface area contributed by atoms with Crippen molar-refractivity contribution in [1.29, 1.82) is 0 Å². The fourth-order valence-corrected chi connectivity index (χ4v) is 5.44. The Morgan fingerprint density at radius 3 is 2.12 bits per heavy atom. The lowest BCUT2D eigenvalue weighted by atomic mass is 9.97. The van der Waals surface area contributed by atoms with Crippen molar-refractivity contribution in [2.24, 2.45) is 0 Å². The predicted octanol–water partition coefficient (Wildman–Crippen LogP) is 6.69. The lowest BCUT2D eigenvalue weighted by Crippen LogP contribution is -2.38. The summed E-state index contributed by atoms with van der Waals surface area (Å²) >= 11 is 0. The van der Waals surface area contributed by atoms with Crippen LogP contribution in [0.2, 0.25) is 0 Å². The molecule has 0 aliphatic carbocycles. The van der Waals surface area contributed by atoms with Gasteiger partial charge in [0.1, 0.15) is 0 Å². The van der Waals surface area contributed by atoms with Crippen molar-refractivity contribution in [3.63, 3.8) is 0 Å². The Bertz CT molecular complexity index is 1610. The Hall–Kier alpha value is -4.17. The van der Waals surface area contributed by atoms with Gasteiger partial charge in [-0.05, 0) is 24.3 Å². The molecule has 2 heteroatoms. The molecular formula is C30H21N2+. The first-order chi connectivity index (χ1) is 15.9. The van der Waals surface area contributed by atoms with Crippen molar-refractivity contribution in [3.8, 4) is 16.9 Å². The third kappa shape index (κ3) is 2.32. The van der Waals surface area contributed by atoms with E-state index in [2.05, 4.69) is 131 Å². The summed E-state index contributed by atoms with van der Waals surface area (Å²) in [7, 11) is 0. The minimum absolute atomic E-state index is 0.186. The molecule has 32 heavy (non-hydrogen) atoms. The van der Waals surface area contributed by atoms with Crippen LogP contribution in [0, 0.1) is 0 Å². The van der Waals surface area contributed by atoms with Gasteiger partial charge in [-0.1, -0.05) is 84.9 Å². The summed E-state index contributed by atoms with van der Waals surface area (Å²) in [5.74, 6) is 0. The van der Waals surface area contributed by atoms with Crippen molar-refractivity contribution in [2.45, 2.75) is 6.04 Å². The van der Waals surface area contributed by atoms with Crippen LogP contribution >= 0.6 is 0 Å². The highest BCUT2D eigenvalue weighted by molar-refractivity contribution is 6.14. The van der Waals surface area contributed by atoms with Crippen LogP contribution in [0.15, 0.2) is 121 Å². The molecule has 0 radical (unpaired) electrons. The van der Waals surface area contributed by atoms with Crippen LogP contribution in [0.25, 0.3) is 38.8 Å². The van der Waals surface area contributed by atoms with Gasteiger partial charge in [-0.25, -0.2) is 0 Å². The van der Waals surface area contributed by atoms with E-state index < -0.39 is 0 Å². The maximum Gasteiger partial charge on any atom is 0.224 e. The molecule has 3 heterocycles. The Kier molecular flexibility index (Phi) is 3.65. The molecule has 6 aromatic rings. The van der Waals surface area contributed by atoms with Crippen LogP contribution < -0.4 is 4.57 Å². The summed E-state index contributed by atoms with van der Waals surface area (Å²) in [4.78, 5) is 0. The van der Waals surface area contributed by atoms with Crippen LogP contribution in [-0.4, -0.2) is 4.57 Å². The minimum Gasteiger partial charge on any atom is -0.309 e. The van der Waals surface area contributed by atoms with Crippen molar-refractivity contribution in [3.05, 3.63) is 133 Å². The molecule has 0 saturated carbocycles. The molecule has 7 rings (SSSR count). The Morgan fingerprint density at radius 1 is 0.594 bits per heavy atom. The van der Waals surface area contributed by atoms with Gasteiger partial charge >= 0.3 is 0 Å². The third-order valence-corrected chi connectivity index (χ3v) is 6.72. The number of aromatic nitrogens is 2. The summed E-state index contributed by atoms with van der Waals surface area (Å²) in [5, 5.41) is 2.61. The predicted molar refractivity (Wildman–Crippen MR) is 130 cm³/mol. The zero-order valence-electron chi connectivity index (χ0n) is 17.5. The number of hydrogen-bond donors (Lipinski definition) is 0. The average molecular weight is 410 g/mol. The maximum absolute atomic E-state index is 2.46. The first kappa shape index (κ1) is 17.5. The zero-order valence-corrected chi connectivity index (χ0v) is 17.5. The SMILES string of the molecule is c1ccc(C2c3ccccc3-c3c4c5ccccc5n(-c5ccccc5)c4cc[n+]32)cc1. The molecule has 1 unspecified atom stereocenters. The summed E-state index contributed by atoms with van der Waals surface area (Å²) in [6.45, 7) is 0. The van der Waals surface area contributed by atoms with Gasteiger partial charge < -0.3 is 4.57 Å². The topological polar surface area (TPSA) is 8.81 Å².